The maximum atomic E-state index is 10.6. The highest BCUT2D eigenvalue weighted by molar-refractivity contribution is 5.73. The number of hydrogen-bond acceptors (Lipinski definition) is 6. The Kier molecular flexibility index (Phi) is 7.43. The van der Waals surface area contributed by atoms with Crippen molar-refractivity contribution < 1.29 is 27.6 Å². The molecule has 32 heavy (non-hydrogen) atoms. The Bertz CT molecular complexity index is 874. The lowest BCUT2D eigenvalue weighted by atomic mass is 9.72. The fourth-order valence-corrected chi connectivity index (χ4v) is 4.51. The highest BCUT2D eigenvalue weighted by Crippen LogP contribution is 2.41. The Labute approximate surface area is 185 Å². The van der Waals surface area contributed by atoms with Gasteiger partial charge in [0.2, 0.25) is 0 Å². The van der Waals surface area contributed by atoms with Gasteiger partial charge in [-0.1, -0.05) is 5.16 Å². The number of likely N-dealkylation sites (tertiary alicyclic amines) is 1. The topological polar surface area (TPSA) is 82.7 Å². The van der Waals surface area contributed by atoms with E-state index in [0.717, 1.165) is 24.5 Å². The van der Waals surface area contributed by atoms with Gasteiger partial charge in [0.25, 0.3) is 0 Å². The maximum absolute atomic E-state index is 10.6. The first-order chi connectivity index (χ1) is 15.1. The Morgan fingerprint density at radius 3 is 2.44 bits per heavy atom. The van der Waals surface area contributed by atoms with Gasteiger partial charge < -0.3 is 14.5 Å². The van der Waals surface area contributed by atoms with Crippen LogP contribution in [0.5, 0.6) is 0 Å². The van der Waals surface area contributed by atoms with E-state index in [1.165, 1.54) is 56.6 Å². The van der Waals surface area contributed by atoms with Crippen LogP contribution < -0.4 is 4.90 Å². The molecule has 2 aliphatic rings. The predicted octanol–water partition coefficient (Wildman–Crippen LogP) is 4.20. The molecule has 0 radical (unpaired) electrons. The van der Waals surface area contributed by atoms with Gasteiger partial charge in [0.15, 0.2) is 0 Å². The summed E-state index contributed by atoms with van der Waals surface area (Å²) in [7, 11) is 0. The summed E-state index contributed by atoms with van der Waals surface area (Å²) in [4.78, 5) is 18.3. The van der Waals surface area contributed by atoms with Gasteiger partial charge in [-0.15, -0.1) is 0 Å². The van der Waals surface area contributed by atoms with E-state index in [-0.39, 0.29) is 0 Å². The minimum absolute atomic E-state index is 0.476. The van der Waals surface area contributed by atoms with Crippen molar-refractivity contribution in [3.8, 4) is 0 Å². The molecule has 176 valence electrons. The van der Waals surface area contributed by atoms with Crippen LogP contribution in [0.1, 0.15) is 42.7 Å². The first-order valence-corrected chi connectivity index (χ1v) is 10.7. The van der Waals surface area contributed by atoms with Gasteiger partial charge >= 0.3 is 12.1 Å². The van der Waals surface area contributed by atoms with Crippen molar-refractivity contribution in [3.63, 3.8) is 0 Å². The first kappa shape index (κ1) is 24.0. The van der Waals surface area contributed by atoms with Crippen molar-refractivity contribution in [3.05, 3.63) is 41.5 Å². The molecule has 0 bridgehead atoms. The lowest BCUT2D eigenvalue weighted by Crippen LogP contribution is -2.49. The van der Waals surface area contributed by atoms with Gasteiger partial charge in [0.1, 0.15) is 5.76 Å². The SMILES string of the molecule is Cc1noc(C)c1CN1CCC2(CCCN(c3cccnc3)C2)CC1.O=C(O)C(F)(F)F. The van der Waals surface area contributed by atoms with Crippen molar-refractivity contribution in [2.75, 3.05) is 31.1 Å². The Morgan fingerprint density at radius 2 is 1.91 bits per heavy atom. The number of rotatable bonds is 3. The van der Waals surface area contributed by atoms with E-state index < -0.39 is 12.1 Å². The van der Waals surface area contributed by atoms with E-state index in [4.69, 9.17) is 14.4 Å². The van der Waals surface area contributed by atoms with Crippen LogP contribution in [0.15, 0.2) is 29.0 Å². The first-order valence-electron chi connectivity index (χ1n) is 10.7. The number of aliphatic carboxylic acids is 1. The van der Waals surface area contributed by atoms with Crippen LogP contribution in [0, 0.1) is 19.3 Å². The van der Waals surface area contributed by atoms with Crippen LogP contribution in [-0.4, -0.2) is 58.5 Å². The second-order valence-corrected chi connectivity index (χ2v) is 8.62. The second-order valence-electron chi connectivity index (χ2n) is 8.62. The zero-order valence-corrected chi connectivity index (χ0v) is 18.4. The molecule has 2 fully saturated rings. The summed E-state index contributed by atoms with van der Waals surface area (Å²) in [5.41, 5.74) is 4.07. The number of carboxylic acid groups (broad SMARTS) is 1. The van der Waals surface area contributed by atoms with Gasteiger partial charge in [0.05, 0.1) is 17.6 Å². The normalized spacial score (nSPS) is 18.8. The summed E-state index contributed by atoms with van der Waals surface area (Å²) in [6.07, 6.45) is 4.00. The predicted molar refractivity (Wildman–Crippen MR) is 112 cm³/mol. The van der Waals surface area contributed by atoms with E-state index in [0.29, 0.717) is 5.41 Å². The quantitative estimate of drug-likeness (QED) is 0.744. The zero-order chi connectivity index (χ0) is 23.4. The van der Waals surface area contributed by atoms with E-state index in [1.54, 1.807) is 0 Å². The number of aryl methyl sites for hydroxylation is 2. The fourth-order valence-electron chi connectivity index (χ4n) is 4.51. The molecule has 0 saturated carbocycles. The second kappa shape index (κ2) is 9.89. The monoisotopic (exact) mass is 454 g/mol. The van der Waals surface area contributed by atoms with Crippen molar-refractivity contribution in [1.29, 1.82) is 0 Å². The van der Waals surface area contributed by atoms with Crippen LogP contribution in [0.2, 0.25) is 0 Å². The lowest BCUT2D eigenvalue weighted by molar-refractivity contribution is -0.192. The number of piperidine rings is 2. The highest BCUT2D eigenvalue weighted by atomic mass is 19.4. The van der Waals surface area contributed by atoms with Gasteiger partial charge in [-0.25, -0.2) is 4.79 Å². The Morgan fingerprint density at radius 1 is 1.22 bits per heavy atom. The third kappa shape index (κ3) is 5.99. The van der Waals surface area contributed by atoms with Crippen LogP contribution in [0.25, 0.3) is 0 Å². The molecule has 0 atom stereocenters. The van der Waals surface area contributed by atoms with Crippen molar-refractivity contribution in [2.45, 2.75) is 52.3 Å². The minimum atomic E-state index is -5.08. The van der Waals surface area contributed by atoms with Crippen LogP contribution in [0.3, 0.4) is 0 Å². The van der Waals surface area contributed by atoms with E-state index in [9.17, 15) is 13.2 Å². The molecule has 2 aliphatic heterocycles. The summed E-state index contributed by atoms with van der Waals surface area (Å²) < 4.78 is 37.1. The molecule has 2 aromatic rings. The zero-order valence-electron chi connectivity index (χ0n) is 18.4. The van der Waals surface area contributed by atoms with E-state index in [2.05, 4.69) is 26.0 Å². The molecule has 10 heteroatoms. The third-order valence-corrected chi connectivity index (χ3v) is 6.39. The Hall–Kier alpha value is -2.62. The number of pyridine rings is 1. The summed E-state index contributed by atoms with van der Waals surface area (Å²) in [6.45, 7) is 9.73. The molecule has 0 amide bonds. The molecule has 4 heterocycles. The smallest absolute Gasteiger partial charge is 0.475 e. The number of halogens is 3. The number of hydrogen-bond donors (Lipinski definition) is 1. The molecule has 0 unspecified atom stereocenters. The third-order valence-electron chi connectivity index (χ3n) is 6.39. The number of alkyl halides is 3. The summed E-state index contributed by atoms with van der Waals surface area (Å²) >= 11 is 0. The summed E-state index contributed by atoms with van der Waals surface area (Å²) in [6, 6.07) is 4.24. The molecule has 1 N–H and O–H groups in total. The molecule has 1 spiro atoms. The van der Waals surface area contributed by atoms with Crippen LogP contribution >= 0.6 is 0 Å². The highest BCUT2D eigenvalue weighted by Gasteiger charge is 2.39. The molecule has 0 aliphatic carbocycles. The lowest BCUT2D eigenvalue weighted by Gasteiger charge is -2.48. The summed E-state index contributed by atoms with van der Waals surface area (Å²) in [5, 5.41) is 11.2. The molecular formula is C22H29F3N4O3. The average Bonchev–Trinajstić information content (AvgIpc) is 3.08. The maximum Gasteiger partial charge on any atom is 0.490 e. The minimum Gasteiger partial charge on any atom is -0.475 e. The van der Waals surface area contributed by atoms with Crippen LogP contribution in [-0.2, 0) is 11.3 Å². The molecule has 2 aromatic heterocycles. The fraction of sp³-hybridized carbons (Fsp3) is 0.591. The number of carbonyl (C=O) groups is 1. The van der Waals surface area contributed by atoms with Gasteiger partial charge in [0, 0.05) is 31.4 Å². The number of anilines is 1. The largest absolute Gasteiger partial charge is 0.490 e. The molecule has 4 rings (SSSR count). The summed E-state index contributed by atoms with van der Waals surface area (Å²) in [5.74, 6) is -1.79. The van der Waals surface area contributed by atoms with Crippen molar-refractivity contribution >= 4 is 11.7 Å². The van der Waals surface area contributed by atoms with E-state index in [1.807, 2.05) is 32.3 Å². The average molecular weight is 454 g/mol. The molecule has 2 saturated heterocycles. The Balaban J connectivity index is 0.000000360. The van der Waals surface area contributed by atoms with E-state index >= 15 is 0 Å². The molecular weight excluding hydrogens is 425 g/mol. The molecule has 7 nitrogen and oxygen atoms in total. The van der Waals surface area contributed by atoms with Crippen molar-refractivity contribution in [1.82, 2.24) is 15.0 Å². The number of nitrogens with zero attached hydrogens (tertiary/aromatic N) is 4. The van der Waals surface area contributed by atoms with Gasteiger partial charge in [-0.3, -0.25) is 9.88 Å². The van der Waals surface area contributed by atoms with Crippen molar-refractivity contribution in [2.24, 2.45) is 5.41 Å². The van der Waals surface area contributed by atoms with Gasteiger partial charge in [-0.05, 0) is 70.2 Å². The number of aromatic nitrogens is 2. The van der Waals surface area contributed by atoms with Crippen LogP contribution in [0.4, 0.5) is 18.9 Å². The standard InChI is InChI=1S/C20H28N4O.C2HF3O2/c1-16-19(17(2)25-22-16)14-23-11-7-20(8-12-23)6-4-10-24(15-20)18-5-3-9-21-13-18;3-2(4,5)1(6)7/h3,5,9,13H,4,6-8,10-12,14-15H2,1-2H3;(H,6,7). The molecule has 0 aromatic carbocycles. The number of carboxylic acids is 1. The van der Waals surface area contributed by atoms with Gasteiger partial charge in [-0.2, -0.15) is 13.2 Å².